The standard InChI is InChI=1S/C25H19BrCl2N2O4/c1-32-23-12-21(24(33-2)11-20(23)28)30-25(31)17(13-29)9-16-5-8-22(19(26)10-16)34-14-15-3-6-18(27)7-4-15/h3-12H,14H2,1-2H3,(H,30,31)/b17-9+. The fraction of sp³-hybridized carbons (Fsp3) is 0.120. The van der Waals surface area contributed by atoms with Crippen LogP contribution in [0.1, 0.15) is 11.1 Å². The number of anilines is 1. The molecule has 0 atom stereocenters. The molecule has 0 spiro atoms. The molecule has 0 radical (unpaired) electrons. The van der Waals surface area contributed by atoms with Gasteiger partial charge in [0.25, 0.3) is 5.91 Å². The van der Waals surface area contributed by atoms with Crippen molar-refractivity contribution in [3.63, 3.8) is 0 Å². The van der Waals surface area contributed by atoms with Crippen molar-refractivity contribution in [2.24, 2.45) is 0 Å². The van der Waals surface area contributed by atoms with Gasteiger partial charge in [0.1, 0.15) is 35.5 Å². The predicted molar refractivity (Wildman–Crippen MR) is 137 cm³/mol. The second-order valence-corrected chi connectivity index (χ2v) is 8.61. The molecule has 0 aliphatic rings. The van der Waals surface area contributed by atoms with Crippen LogP contribution in [-0.2, 0) is 11.4 Å². The molecule has 0 aliphatic heterocycles. The monoisotopic (exact) mass is 560 g/mol. The van der Waals surface area contributed by atoms with E-state index in [0.717, 1.165) is 5.56 Å². The Hall–Kier alpha value is -3.18. The van der Waals surface area contributed by atoms with E-state index in [9.17, 15) is 10.1 Å². The van der Waals surface area contributed by atoms with Gasteiger partial charge in [-0.3, -0.25) is 4.79 Å². The molecule has 0 fully saturated rings. The van der Waals surface area contributed by atoms with Crippen LogP contribution in [0.15, 0.2) is 64.6 Å². The molecular formula is C25H19BrCl2N2O4. The summed E-state index contributed by atoms with van der Waals surface area (Å²) < 4.78 is 17.0. The molecule has 1 amide bonds. The molecule has 9 heteroatoms. The van der Waals surface area contributed by atoms with Crippen LogP contribution in [0, 0.1) is 11.3 Å². The summed E-state index contributed by atoms with van der Waals surface area (Å²) in [4.78, 5) is 12.8. The molecule has 0 unspecified atom stereocenters. The molecule has 3 aromatic carbocycles. The average molecular weight is 562 g/mol. The number of hydrogen-bond acceptors (Lipinski definition) is 5. The first-order chi connectivity index (χ1) is 16.3. The Kier molecular flexibility index (Phi) is 8.83. The third-order valence-corrected chi connectivity index (χ3v) is 5.83. The maximum absolute atomic E-state index is 12.8. The Morgan fingerprint density at radius 1 is 1.03 bits per heavy atom. The molecule has 1 N–H and O–H groups in total. The topological polar surface area (TPSA) is 80.6 Å². The van der Waals surface area contributed by atoms with Gasteiger partial charge in [0, 0.05) is 17.2 Å². The number of nitrogens with one attached hydrogen (secondary N) is 1. The third-order valence-electron chi connectivity index (χ3n) is 4.66. The summed E-state index contributed by atoms with van der Waals surface area (Å²) in [7, 11) is 2.91. The van der Waals surface area contributed by atoms with E-state index in [4.69, 9.17) is 37.4 Å². The average Bonchev–Trinajstić information content (AvgIpc) is 2.83. The van der Waals surface area contributed by atoms with Crippen LogP contribution in [0.2, 0.25) is 10.0 Å². The maximum atomic E-state index is 12.8. The number of nitriles is 1. The van der Waals surface area contributed by atoms with E-state index >= 15 is 0 Å². The minimum Gasteiger partial charge on any atom is -0.495 e. The lowest BCUT2D eigenvalue weighted by Crippen LogP contribution is -2.14. The van der Waals surface area contributed by atoms with Gasteiger partial charge in [0.2, 0.25) is 0 Å². The zero-order valence-corrected chi connectivity index (χ0v) is 21.3. The third kappa shape index (κ3) is 6.45. The molecule has 0 heterocycles. The molecule has 0 saturated heterocycles. The van der Waals surface area contributed by atoms with Crippen molar-refractivity contribution in [2.75, 3.05) is 19.5 Å². The minimum absolute atomic E-state index is 0.0993. The summed E-state index contributed by atoms with van der Waals surface area (Å²) in [5.74, 6) is 0.706. The highest BCUT2D eigenvalue weighted by molar-refractivity contribution is 9.10. The fourth-order valence-electron chi connectivity index (χ4n) is 2.93. The molecule has 34 heavy (non-hydrogen) atoms. The molecule has 6 nitrogen and oxygen atoms in total. The van der Waals surface area contributed by atoms with Crippen molar-refractivity contribution >= 4 is 56.8 Å². The highest BCUT2D eigenvalue weighted by atomic mass is 79.9. The first-order valence-electron chi connectivity index (χ1n) is 9.86. The molecule has 0 aliphatic carbocycles. The Morgan fingerprint density at radius 2 is 1.74 bits per heavy atom. The van der Waals surface area contributed by atoms with E-state index in [0.29, 0.717) is 49.6 Å². The number of carbonyl (C=O) groups excluding carboxylic acids is 1. The number of halogens is 3. The molecule has 0 bridgehead atoms. The number of methoxy groups -OCH3 is 2. The Morgan fingerprint density at radius 3 is 2.35 bits per heavy atom. The van der Waals surface area contributed by atoms with Gasteiger partial charge in [-0.25, -0.2) is 0 Å². The number of nitrogens with zero attached hydrogens (tertiary/aromatic N) is 1. The zero-order chi connectivity index (χ0) is 24.7. The lowest BCUT2D eigenvalue weighted by Gasteiger charge is -2.13. The van der Waals surface area contributed by atoms with Gasteiger partial charge in [0.15, 0.2) is 0 Å². The van der Waals surface area contributed by atoms with Gasteiger partial charge in [-0.1, -0.05) is 41.4 Å². The number of ether oxygens (including phenoxy) is 3. The highest BCUT2D eigenvalue weighted by Gasteiger charge is 2.16. The largest absolute Gasteiger partial charge is 0.495 e. The highest BCUT2D eigenvalue weighted by Crippen LogP contribution is 2.36. The van der Waals surface area contributed by atoms with Crippen molar-refractivity contribution in [1.29, 1.82) is 5.26 Å². The van der Waals surface area contributed by atoms with Gasteiger partial charge < -0.3 is 19.5 Å². The van der Waals surface area contributed by atoms with Crippen LogP contribution in [0.3, 0.4) is 0 Å². The number of carbonyl (C=O) groups is 1. The second kappa shape index (κ2) is 11.8. The summed E-state index contributed by atoms with van der Waals surface area (Å²) in [6, 6.07) is 17.6. The normalized spacial score (nSPS) is 10.9. The zero-order valence-electron chi connectivity index (χ0n) is 18.2. The van der Waals surface area contributed by atoms with Crippen molar-refractivity contribution < 1.29 is 19.0 Å². The van der Waals surface area contributed by atoms with E-state index < -0.39 is 5.91 Å². The van der Waals surface area contributed by atoms with E-state index in [1.165, 1.54) is 32.4 Å². The quantitative estimate of drug-likeness (QED) is 0.239. The first-order valence-corrected chi connectivity index (χ1v) is 11.4. The molecule has 0 saturated carbocycles. The molecule has 3 rings (SSSR count). The molecule has 0 aromatic heterocycles. The summed E-state index contributed by atoms with van der Waals surface area (Å²) in [5.41, 5.74) is 1.83. The van der Waals surface area contributed by atoms with E-state index in [-0.39, 0.29) is 5.57 Å². The Balaban J connectivity index is 1.76. The number of amides is 1. The van der Waals surface area contributed by atoms with Gasteiger partial charge in [-0.15, -0.1) is 0 Å². The van der Waals surface area contributed by atoms with Crippen LogP contribution >= 0.6 is 39.1 Å². The van der Waals surface area contributed by atoms with Crippen LogP contribution in [0.25, 0.3) is 6.08 Å². The van der Waals surface area contributed by atoms with Gasteiger partial charge in [-0.05, 0) is 57.4 Å². The Bertz CT molecular complexity index is 1270. The van der Waals surface area contributed by atoms with Crippen LogP contribution in [0.5, 0.6) is 17.2 Å². The van der Waals surface area contributed by atoms with E-state index in [2.05, 4.69) is 21.2 Å². The fourth-order valence-corrected chi connectivity index (χ4v) is 3.80. The summed E-state index contributed by atoms with van der Waals surface area (Å²) in [6.07, 6.45) is 1.47. The summed E-state index contributed by atoms with van der Waals surface area (Å²) >= 11 is 15.5. The Labute approximate surface area is 215 Å². The number of hydrogen-bond donors (Lipinski definition) is 1. The lowest BCUT2D eigenvalue weighted by atomic mass is 10.1. The van der Waals surface area contributed by atoms with Crippen molar-refractivity contribution in [2.45, 2.75) is 6.61 Å². The second-order valence-electron chi connectivity index (χ2n) is 6.92. The maximum Gasteiger partial charge on any atom is 0.266 e. The molecule has 174 valence electrons. The van der Waals surface area contributed by atoms with Gasteiger partial charge in [-0.2, -0.15) is 5.26 Å². The predicted octanol–water partition coefficient (Wildman–Crippen LogP) is 6.90. The smallest absolute Gasteiger partial charge is 0.266 e. The van der Waals surface area contributed by atoms with Crippen LogP contribution in [0.4, 0.5) is 5.69 Å². The van der Waals surface area contributed by atoms with E-state index in [1.807, 2.05) is 18.2 Å². The summed E-state index contributed by atoms with van der Waals surface area (Å²) in [6.45, 7) is 0.364. The van der Waals surface area contributed by atoms with Crippen molar-refractivity contribution in [3.8, 4) is 23.3 Å². The van der Waals surface area contributed by atoms with Gasteiger partial charge in [0.05, 0.1) is 29.4 Å². The first kappa shape index (κ1) is 25.4. The van der Waals surface area contributed by atoms with Crippen LogP contribution in [-0.4, -0.2) is 20.1 Å². The van der Waals surface area contributed by atoms with Crippen molar-refractivity contribution in [3.05, 3.63) is 85.8 Å². The number of rotatable bonds is 8. The lowest BCUT2D eigenvalue weighted by molar-refractivity contribution is -0.112. The number of benzene rings is 3. The molecule has 3 aromatic rings. The molecular weight excluding hydrogens is 543 g/mol. The SMILES string of the molecule is COc1cc(NC(=O)/C(C#N)=C/c2ccc(OCc3ccc(Cl)cc3)c(Br)c2)c(OC)cc1Cl. The van der Waals surface area contributed by atoms with Crippen molar-refractivity contribution in [1.82, 2.24) is 0 Å². The van der Waals surface area contributed by atoms with Gasteiger partial charge >= 0.3 is 0 Å². The summed E-state index contributed by atoms with van der Waals surface area (Å²) in [5, 5.41) is 13.2. The minimum atomic E-state index is -0.607. The van der Waals surface area contributed by atoms with E-state index in [1.54, 1.807) is 30.3 Å². The van der Waals surface area contributed by atoms with Crippen LogP contribution < -0.4 is 19.5 Å².